The first-order chi connectivity index (χ1) is 15.8. The van der Waals surface area contributed by atoms with Crippen LogP contribution in [0.2, 0.25) is 0 Å². The second-order valence-corrected chi connectivity index (χ2v) is 9.33. The average Bonchev–Trinajstić information content (AvgIpc) is 3.25. The summed E-state index contributed by atoms with van der Waals surface area (Å²) in [6.45, 7) is 4.59. The van der Waals surface area contributed by atoms with Crippen molar-refractivity contribution in [1.29, 1.82) is 0 Å². The number of morpholine rings is 1. The molecule has 2 saturated heterocycles. The van der Waals surface area contributed by atoms with Crippen LogP contribution in [-0.4, -0.2) is 49.9 Å². The first-order valence-electron chi connectivity index (χ1n) is 11.9. The second kappa shape index (κ2) is 8.37. The lowest BCUT2D eigenvalue weighted by Crippen LogP contribution is -2.40. The fraction of sp³-hybridized carbons (Fsp3) is 0.520. The third-order valence-electron chi connectivity index (χ3n) is 7.47. The van der Waals surface area contributed by atoms with Crippen LogP contribution in [0.25, 0.3) is 0 Å². The smallest absolute Gasteiger partial charge is 0.230 e. The standard InChI is InChI=1S/C25H30N4O3/c30-25(18-3-6-23-17(14-18)7-11-32-23)29-16-19-2-1-8-26-24(19)27-21-5-4-20(15-22(21)29)28-9-12-31-13-10-28/h1-2,4-5,8,15,17-18,23H,3,6-7,9-14,16H2,(H,26,27)/t17-,18+,23+/m1/s1. The first-order valence-corrected chi connectivity index (χ1v) is 11.9. The van der Waals surface area contributed by atoms with E-state index in [1.807, 2.05) is 11.0 Å². The summed E-state index contributed by atoms with van der Waals surface area (Å²) in [5, 5.41) is 3.49. The van der Waals surface area contributed by atoms with Gasteiger partial charge in [0.1, 0.15) is 5.82 Å². The van der Waals surface area contributed by atoms with Gasteiger partial charge in [0.25, 0.3) is 0 Å². The number of ether oxygens (including phenoxy) is 2. The monoisotopic (exact) mass is 434 g/mol. The van der Waals surface area contributed by atoms with Crippen LogP contribution in [-0.2, 0) is 20.8 Å². The van der Waals surface area contributed by atoms with E-state index in [4.69, 9.17) is 9.47 Å². The molecule has 1 aromatic carbocycles. The Morgan fingerprint density at radius 1 is 1.09 bits per heavy atom. The molecule has 168 valence electrons. The molecule has 3 fully saturated rings. The van der Waals surface area contributed by atoms with Crippen molar-refractivity contribution in [3.8, 4) is 0 Å². The van der Waals surface area contributed by atoms with Crippen LogP contribution in [0.1, 0.15) is 31.2 Å². The summed E-state index contributed by atoms with van der Waals surface area (Å²) in [4.78, 5) is 22.8. The van der Waals surface area contributed by atoms with Crippen molar-refractivity contribution in [2.45, 2.75) is 38.3 Å². The van der Waals surface area contributed by atoms with Gasteiger partial charge in [0.15, 0.2) is 0 Å². The molecule has 0 radical (unpaired) electrons. The predicted molar refractivity (Wildman–Crippen MR) is 123 cm³/mol. The zero-order chi connectivity index (χ0) is 21.5. The fourth-order valence-corrected chi connectivity index (χ4v) is 5.70. The lowest BCUT2D eigenvalue weighted by Gasteiger charge is -2.34. The Bertz CT molecular complexity index is 1010. The van der Waals surface area contributed by atoms with E-state index in [1.165, 1.54) is 0 Å². The number of rotatable bonds is 2. The van der Waals surface area contributed by atoms with E-state index in [2.05, 4.69) is 39.5 Å². The summed E-state index contributed by atoms with van der Waals surface area (Å²) in [6.07, 6.45) is 6.07. The van der Waals surface area contributed by atoms with Gasteiger partial charge >= 0.3 is 0 Å². The van der Waals surface area contributed by atoms with Crippen molar-refractivity contribution in [3.63, 3.8) is 0 Å². The number of carbonyl (C=O) groups excluding carboxylic acids is 1. The van der Waals surface area contributed by atoms with E-state index >= 15 is 0 Å². The molecule has 0 unspecified atom stereocenters. The Kier molecular flexibility index (Phi) is 5.23. The molecule has 3 aliphatic heterocycles. The zero-order valence-corrected chi connectivity index (χ0v) is 18.3. The Balaban J connectivity index is 1.35. The molecule has 1 aromatic heterocycles. The van der Waals surface area contributed by atoms with E-state index in [0.29, 0.717) is 18.6 Å². The van der Waals surface area contributed by atoms with E-state index in [-0.39, 0.29) is 11.8 Å². The number of benzene rings is 1. The molecule has 4 aliphatic rings. The topological polar surface area (TPSA) is 66.9 Å². The number of hydrogen-bond donors (Lipinski definition) is 1. The van der Waals surface area contributed by atoms with Crippen molar-refractivity contribution in [1.82, 2.24) is 4.98 Å². The highest BCUT2D eigenvalue weighted by molar-refractivity contribution is 6.00. The maximum absolute atomic E-state index is 14.0. The molecule has 32 heavy (non-hydrogen) atoms. The van der Waals surface area contributed by atoms with Gasteiger partial charge < -0.3 is 24.6 Å². The van der Waals surface area contributed by atoms with Gasteiger partial charge in [-0.1, -0.05) is 6.07 Å². The normalized spacial score (nSPS) is 27.1. The van der Waals surface area contributed by atoms with E-state index in [9.17, 15) is 4.79 Å². The number of nitrogens with one attached hydrogen (secondary N) is 1. The van der Waals surface area contributed by atoms with Gasteiger partial charge in [-0.05, 0) is 55.9 Å². The van der Waals surface area contributed by atoms with Crippen LogP contribution >= 0.6 is 0 Å². The summed E-state index contributed by atoms with van der Waals surface area (Å²) >= 11 is 0. The van der Waals surface area contributed by atoms with Crippen molar-refractivity contribution in [2.75, 3.05) is 48.0 Å². The van der Waals surface area contributed by atoms with Gasteiger partial charge in [-0.3, -0.25) is 4.79 Å². The van der Waals surface area contributed by atoms with Crippen LogP contribution in [0.3, 0.4) is 0 Å². The van der Waals surface area contributed by atoms with E-state index < -0.39 is 0 Å². The average molecular weight is 435 g/mol. The van der Waals surface area contributed by atoms with Crippen LogP contribution in [0.5, 0.6) is 0 Å². The summed E-state index contributed by atoms with van der Waals surface area (Å²) in [7, 11) is 0. The highest BCUT2D eigenvalue weighted by Gasteiger charge is 2.39. The third kappa shape index (κ3) is 3.63. The number of pyridine rings is 1. The van der Waals surface area contributed by atoms with E-state index in [1.54, 1.807) is 6.20 Å². The molecule has 3 atom stereocenters. The van der Waals surface area contributed by atoms with Gasteiger partial charge in [-0.25, -0.2) is 4.98 Å². The lowest BCUT2D eigenvalue weighted by molar-refractivity contribution is -0.124. The molecular weight excluding hydrogens is 404 g/mol. The minimum Gasteiger partial charge on any atom is -0.378 e. The molecule has 2 aromatic rings. The number of anilines is 4. The van der Waals surface area contributed by atoms with Crippen LogP contribution in [0.15, 0.2) is 36.5 Å². The molecular formula is C25H30N4O3. The molecule has 1 saturated carbocycles. The van der Waals surface area contributed by atoms with Crippen molar-refractivity contribution >= 4 is 28.8 Å². The van der Waals surface area contributed by atoms with Gasteiger partial charge in [0.05, 0.1) is 37.2 Å². The Morgan fingerprint density at radius 3 is 2.91 bits per heavy atom. The molecule has 6 rings (SSSR count). The van der Waals surface area contributed by atoms with Gasteiger partial charge in [0, 0.05) is 43.1 Å². The third-order valence-corrected chi connectivity index (χ3v) is 7.47. The predicted octanol–water partition coefficient (Wildman–Crippen LogP) is 3.71. The summed E-state index contributed by atoms with van der Waals surface area (Å²) in [6, 6.07) is 10.4. The maximum atomic E-state index is 14.0. The SMILES string of the molecule is O=C([C@H]1CC[C@@H]2OCC[C@@H]2C1)N1Cc2cccnc2Nc2ccc(N3CCOCC3)cc21. The minimum atomic E-state index is 0.0519. The summed E-state index contributed by atoms with van der Waals surface area (Å²) in [5.74, 6) is 1.64. The van der Waals surface area contributed by atoms with Crippen molar-refractivity contribution in [2.24, 2.45) is 11.8 Å². The van der Waals surface area contributed by atoms with Crippen LogP contribution in [0.4, 0.5) is 22.9 Å². The van der Waals surface area contributed by atoms with Crippen molar-refractivity contribution in [3.05, 3.63) is 42.1 Å². The van der Waals surface area contributed by atoms with Crippen molar-refractivity contribution < 1.29 is 14.3 Å². The molecule has 7 heteroatoms. The fourth-order valence-electron chi connectivity index (χ4n) is 5.70. The molecule has 7 nitrogen and oxygen atoms in total. The number of fused-ring (bicyclic) bond motifs is 3. The van der Waals surface area contributed by atoms with Gasteiger partial charge in [0.2, 0.25) is 5.91 Å². The second-order valence-electron chi connectivity index (χ2n) is 9.33. The quantitative estimate of drug-likeness (QED) is 0.777. The zero-order valence-electron chi connectivity index (χ0n) is 18.3. The molecule has 0 spiro atoms. The molecule has 1 aliphatic carbocycles. The highest BCUT2D eigenvalue weighted by Crippen LogP contribution is 2.42. The highest BCUT2D eigenvalue weighted by atomic mass is 16.5. The lowest BCUT2D eigenvalue weighted by atomic mass is 9.78. The number of hydrogen-bond acceptors (Lipinski definition) is 6. The Labute approximate surface area is 188 Å². The van der Waals surface area contributed by atoms with Gasteiger partial charge in [-0.2, -0.15) is 0 Å². The van der Waals surface area contributed by atoms with Gasteiger partial charge in [-0.15, -0.1) is 0 Å². The number of amides is 1. The Morgan fingerprint density at radius 2 is 2.00 bits per heavy atom. The maximum Gasteiger partial charge on any atom is 0.230 e. The summed E-state index contributed by atoms with van der Waals surface area (Å²) < 4.78 is 11.4. The van der Waals surface area contributed by atoms with E-state index in [0.717, 1.165) is 87.0 Å². The number of nitrogens with zero attached hydrogens (tertiary/aromatic N) is 3. The first kappa shape index (κ1) is 20.0. The number of carbonyl (C=O) groups is 1. The Hall–Kier alpha value is -2.64. The number of aromatic nitrogens is 1. The summed E-state index contributed by atoms with van der Waals surface area (Å²) in [5.41, 5.74) is 4.06. The minimum absolute atomic E-state index is 0.0519. The largest absolute Gasteiger partial charge is 0.378 e. The van der Waals surface area contributed by atoms with Crippen LogP contribution in [0, 0.1) is 11.8 Å². The molecule has 1 amide bonds. The molecule has 4 heterocycles. The van der Waals surface area contributed by atoms with Crippen LogP contribution < -0.4 is 15.1 Å². The molecule has 0 bridgehead atoms. The molecule has 1 N–H and O–H groups in total.